The SMILES string of the molecule is Brc1cccc(-c2nc(-c3ccccc3)nc(-c3cccc4sc5ccccc5c34)n2)c1. The molecule has 0 aliphatic rings. The van der Waals surface area contributed by atoms with Crippen LogP contribution in [0, 0.1) is 0 Å². The fourth-order valence-corrected chi connectivity index (χ4v) is 5.46. The van der Waals surface area contributed by atoms with Crippen LogP contribution in [0.15, 0.2) is 102 Å². The van der Waals surface area contributed by atoms with E-state index in [1.54, 1.807) is 11.3 Å². The molecule has 2 aromatic heterocycles. The predicted octanol–water partition coefficient (Wildman–Crippen LogP) is 8.00. The maximum absolute atomic E-state index is 4.94. The molecule has 4 aromatic carbocycles. The van der Waals surface area contributed by atoms with E-state index in [2.05, 4.69) is 58.4 Å². The lowest BCUT2D eigenvalue weighted by Crippen LogP contribution is -2.00. The van der Waals surface area contributed by atoms with E-state index in [0.29, 0.717) is 17.5 Å². The zero-order valence-electron chi connectivity index (χ0n) is 16.9. The first kappa shape index (κ1) is 19.3. The third kappa shape index (κ3) is 3.40. The molecule has 0 radical (unpaired) electrons. The van der Waals surface area contributed by atoms with Crippen molar-refractivity contribution in [2.45, 2.75) is 0 Å². The van der Waals surface area contributed by atoms with Gasteiger partial charge in [-0.3, -0.25) is 0 Å². The van der Waals surface area contributed by atoms with Crippen molar-refractivity contribution in [3.63, 3.8) is 0 Å². The Kier molecular flexibility index (Phi) is 4.78. The fourth-order valence-electron chi connectivity index (χ4n) is 3.93. The smallest absolute Gasteiger partial charge is 0.164 e. The molecule has 0 saturated heterocycles. The Bertz CT molecular complexity index is 1590. The second kappa shape index (κ2) is 7.93. The highest BCUT2D eigenvalue weighted by Crippen LogP contribution is 2.39. The Hall–Kier alpha value is -3.41. The van der Waals surface area contributed by atoms with E-state index in [9.17, 15) is 0 Å². The van der Waals surface area contributed by atoms with Crippen molar-refractivity contribution in [1.82, 2.24) is 15.0 Å². The standard InChI is InChI=1S/C27H16BrN3S/c28-19-11-6-10-18(16-19)26-29-25(17-8-2-1-3-9-17)30-27(31-26)21-13-7-15-23-24(21)20-12-4-5-14-22(20)32-23/h1-16H. The summed E-state index contributed by atoms with van der Waals surface area (Å²) in [6.07, 6.45) is 0. The topological polar surface area (TPSA) is 38.7 Å². The first-order chi connectivity index (χ1) is 15.8. The second-order valence-electron chi connectivity index (χ2n) is 7.46. The first-order valence-corrected chi connectivity index (χ1v) is 11.9. The number of hydrogen-bond donors (Lipinski definition) is 0. The van der Waals surface area contributed by atoms with Crippen LogP contribution in [-0.4, -0.2) is 15.0 Å². The largest absolute Gasteiger partial charge is 0.208 e. The summed E-state index contributed by atoms with van der Waals surface area (Å²) in [4.78, 5) is 14.7. The number of fused-ring (bicyclic) bond motifs is 3. The highest BCUT2D eigenvalue weighted by molar-refractivity contribution is 9.10. The highest BCUT2D eigenvalue weighted by Gasteiger charge is 2.16. The molecule has 5 heteroatoms. The quantitative estimate of drug-likeness (QED) is 0.250. The summed E-state index contributed by atoms with van der Waals surface area (Å²) >= 11 is 5.37. The number of halogens is 1. The average molecular weight is 494 g/mol. The summed E-state index contributed by atoms with van der Waals surface area (Å²) in [7, 11) is 0. The van der Waals surface area contributed by atoms with Crippen LogP contribution < -0.4 is 0 Å². The molecule has 6 aromatic rings. The summed E-state index contributed by atoms with van der Waals surface area (Å²) in [5.74, 6) is 2.01. The van der Waals surface area contributed by atoms with Crippen molar-refractivity contribution in [1.29, 1.82) is 0 Å². The van der Waals surface area contributed by atoms with E-state index in [1.807, 2.05) is 54.6 Å². The van der Waals surface area contributed by atoms with Crippen molar-refractivity contribution in [3.05, 3.63) is 102 Å². The molecule has 0 aliphatic carbocycles. The van der Waals surface area contributed by atoms with Crippen LogP contribution in [0.3, 0.4) is 0 Å². The van der Waals surface area contributed by atoms with Crippen LogP contribution in [0.4, 0.5) is 0 Å². The minimum Gasteiger partial charge on any atom is -0.208 e. The monoisotopic (exact) mass is 493 g/mol. The number of rotatable bonds is 3. The van der Waals surface area contributed by atoms with Gasteiger partial charge in [0, 0.05) is 41.3 Å². The lowest BCUT2D eigenvalue weighted by Gasteiger charge is -2.09. The number of nitrogens with zero attached hydrogens (tertiary/aromatic N) is 3. The number of aromatic nitrogens is 3. The summed E-state index contributed by atoms with van der Waals surface area (Å²) < 4.78 is 3.48. The van der Waals surface area contributed by atoms with E-state index in [-0.39, 0.29) is 0 Å². The van der Waals surface area contributed by atoms with Gasteiger partial charge in [-0.25, -0.2) is 15.0 Å². The van der Waals surface area contributed by atoms with Crippen LogP contribution in [0.1, 0.15) is 0 Å². The Labute approximate surface area is 197 Å². The molecule has 0 spiro atoms. The van der Waals surface area contributed by atoms with Crippen molar-refractivity contribution in [2.75, 3.05) is 0 Å². The summed E-state index contributed by atoms with van der Waals surface area (Å²) in [5.41, 5.74) is 2.94. The normalized spacial score (nSPS) is 11.3. The Morgan fingerprint density at radius 2 is 1.22 bits per heavy atom. The average Bonchev–Trinajstić information content (AvgIpc) is 3.23. The molecule has 0 fully saturated rings. The molecular weight excluding hydrogens is 478 g/mol. The molecule has 0 saturated carbocycles. The highest BCUT2D eigenvalue weighted by atomic mass is 79.9. The maximum atomic E-state index is 4.94. The van der Waals surface area contributed by atoms with Gasteiger partial charge in [-0.05, 0) is 24.3 Å². The van der Waals surface area contributed by atoms with Crippen LogP contribution in [0.5, 0.6) is 0 Å². The van der Waals surface area contributed by atoms with Crippen molar-refractivity contribution < 1.29 is 0 Å². The van der Waals surface area contributed by atoms with Gasteiger partial charge < -0.3 is 0 Å². The van der Waals surface area contributed by atoms with Gasteiger partial charge in [-0.1, -0.05) is 88.7 Å². The van der Waals surface area contributed by atoms with Gasteiger partial charge in [0.05, 0.1) is 0 Å². The van der Waals surface area contributed by atoms with Gasteiger partial charge in [-0.15, -0.1) is 11.3 Å². The van der Waals surface area contributed by atoms with Gasteiger partial charge in [-0.2, -0.15) is 0 Å². The molecule has 3 nitrogen and oxygen atoms in total. The van der Waals surface area contributed by atoms with Crippen LogP contribution in [0.2, 0.25) is 0 Å². The number of hydrogen-bond acceptors (Lipinski definition) is 4. The van der Waals surface area contributed by atoms with Crippen molar-refractivity contribution >= 4 is 47.4 Å². The molecule has 6 rings (SSSR count). The van der Waals surface area contributed by atoms with Gasteiger partial charge >= 0.3 is 0 Å². The fraction of sp³-hybridized carbons (Fsp3) is 0. The van der Waals surface area contributed by atoms with Gasteiger partial charge in [0.1, 0.15) is 0 Å². The third-order valence-corrected chi connectivity index (χ3v) is 7.02. The Balaban J connectivity index is 1.65. The predicted molar refractivity (Wildman–Crippen MR) is 137 cm³/mol. The zero-order valence-corrected chi connectivity index (χ0v) is 19.3. The molecule has 0 aliphatic heterocycles. The molecule has 32 heavy (non-hydrogen) atoms. The van der Waals surface area contributed by atoms with Gasteiger partial charge in [0.2, 0.25) is 0 Å². The van der Waals surface area contributed by atoms with E-state index in [4.69, 9.17) is 15.0 Å². The molecule has 0 amide bonds. The van der Waals surface area contributed by atoms with Gasteiger partial charge in [0.25, 0.3) is 0 Å². The molecule has 0 unspecified atom stereocenters. The van der Waals surface area contributed by atoms with Crippen LogP contribution in [0.25, 0.3) is 54.3 Å². The summed E-state index contributed by atoms with van der Waals surface area (Å²) in [6, 6.07) is 33.0. The molecule has 0 bridgehead atoms. The Morgan fingerprint density at radius 3 is 2.06 bits per heavy atom. The summed E-state index contributed by atoms with van der Waals surface area (Å²) in [5, 5.41) is 2.42. The van der Waals surface area contributed by atoms with E-state index in [0.717, 1.165) is 21.2 Å². The maximum Gasteiger partial charge on any atom is 0.164 e. The van der Waals surface area contributed by atoms with Crippen molar-refractivity contribution in [3.8, 4) is 34.2 Å². The molecular formula is C27H16BrN3S. The van der Waals surface area contributed by atoms with Gasteiger partial charge in [0.15, 0.2) is 17.5 Å². The third-order valence-electron chi connectivity index (χ3n) is 5.39. The molecule has 0 atom stereocenters. The minimum atomic E-state index is 0.659. The van der Waals surface area contributed by atoms with E-state index in [1.165, 1.54) is 20.2 Å². The zero-order chi connectivity index (χ0) is 21.5. The number of benzene rings is 4. The Morgan fingerprint density at radius 1 is 0.562 bits per heavy atom. The molecule has 0 N–H and O–H groups in total. The molecule has 152 valence electrons. The minimum absolute atomic E-state index is 0.659. The lowest BCUT2D eigenvalue weighted by atomic mass is 10.1. The second-order valence-corrected chi connectivity index (χ2v) is 9.46. The molecule has 2 heterocycles. The van der Waals surface area contributed by atoms with Crippen molar-refractivity contribution in [2.24, 2.45) is 0 Å². The van der Waals surface area contributed by atoms with Crippen LogP contribution in [-0.2, 0) is 0 Å². The number of thiophene rings is 1. The first-order valence-electron chi connectivity index (χ1n) is 10.2. The van der Waals surface area contributed by atoms with E-state index >= 15 is 0 Å². The van der Waals surface area contributed by atoms with Crippen LogP contribution >= 0.6 is 27.3 Å². The summed E-state index contributed by atoms with van der Waals surface area (Å²) in [6.45, 7) is 0. The van der Waals surface area contributed by atoms with E-state index < -0.39 is 0 Å². The lowest BCUT2D eigenvalue weighted by molar-refractivity contribution is 1.08.